The Hall–Kier alpha value is -1.39. The van der Waals surface area contributed by atoms with Crippen LogP contribution >= 0.6 is 0 Å². The van der Waals surface area contributed by atoms with Crippen LogP contribution < -0.4 is 4.74 Å². The smallest absolute Gasteiger partial charge is 0.504 e. The SMILES string of the molecule is Cc1ccc(O)c(OC(F)(F)F)c1C. The first-order valence-corrected chi connectivity index (χ1v) is 3.86. The highest BCUT2D eigenvalue weighted by Crippen LogP contribution is 2.35. The molecule has 0 saturated heterocycles. The van der Waals surface area contributed by atoms with Gasteiger partial charge in [0.05, 0.1) is 0 Å². The fourth-order valence-corrected chi connectivity index (χ4v) is 1.02. The third kappa shape index (κ3) is 2.31. The summed E-state index contributed by atoms with van der Waals surface area (Å²) in [5.41, 5.74) is 0.907. The summed E-state index contributed by atoms with van der Waals surface area (Å²) in [6, 6.07) is 2.69. The maximum absolute atomic E-state index is 11.9. The van der Waals surface area contributed by atoms with Crippen LogP contribution in [0.3, 0.4) is 0 Å². The van der Waals surface area contributed by atoms with Crippen molar-refractivity contribution in [3.63, 3.8) is 0 Å². The molecule has 0 radical (unpaired) electrons. The summed E-state index contributed by atoms with van der Waals surface area (Å²) in [7, 11) is 0. The van der Waals surface area contributed by atoms with E-state index in [9.17, 15) is 13.2 Å². The first kappa shape index (κ1) is 10.7. The van der Waals surface area contributed by atoms with Gasteiger partial charge in [-0.2, -0.15) is 0 Å². The van der Waals surface area contributed by atoms with Gasteiger partial charge in [0.15, 0.2) is 11.5 Å². The molecule has 0 heterocycles. The number of phenolic OH excluding ortho intramolecular Hbond substituents is 1. The molecule has 1 N–H and O–H groups in total. The van der Waals surface area contributed by atoms with Crippen molar-refractivity contribution >= 4 is 0 Å². The number of benzene rings is 1. The number of ether oxygens (including phenoxy) is 1. The Kier molecular flexibility index (Phi) is 2.59. The van der Waals surface area contributed by atoms with E-state index in [0.717, 1.165) is 0 Å². The second-order valence-corrected chi connectivity index (χ2v) is 2.90. The Morgan fingerprint density at radius 1 is 1.21 bits per heavy atom. The molecule has 0 aliphatic carbocycles. The summed E-state index contributed by atoms with van der Waals surface area (Å²) >= 11 is 0. The standard InChI is InChI=1S/C9H9F3O2/c1-5-3-4-7(13)8(6(5)2)14-9(10,11)12/h3-4,13H,1-2H3. The maximum atomic E-state index is 11.9. The second kappa shape index (κ2) is 3.40. The van der Waals surface area contributed by atoms with Crippen molar-refractivity contribution in [1.29, 1.82) is 0 Å². The minimum absolute atomic E-state index is 0.280. The van der Waals surface area contributed by atoms with Crippen molar-refractivity contribution < 1.29 is 23.0 Å². The van der Waals surface area contributed by atoms with Gasteiger partial charge in [-0.05, 0) is 31.0 Å². The van der Waals surface area contributed by atoms with Crippen molar-refractivity contribution in [3.8, 4) is 11.5 Å². The zero-order valence-electron chi connectivity index (χ0n) is 7.64. The number of phenols is 1. The Labute approximate surface area is 78.9 Å². The van der Waals surface area contributed by atoms with E-state index in [1.165, 1.54) is 19.1 Å². The molecule has 14 heavy (non-hydrogen) atoms. The zero-order chi connectivity index (χ0) is 10.9. The van der Waals surface area contributed by atoms with Gasteiger partial charge in [0.2, 0.25) is 0 Å². The number of hydrogen-bond donors (Lipinski definition) is 1. The number of alkyl halides is 3. The van der Waals surface area contributed by atoms with Gasteiger partial charge >= 0.3 is 6.36 Å². The third-order valence-electron chi connectivity index (χ3n) is 1.87. The predicted octanol–water partition coefficient (Wildman–Crippen LogP) is 2.91. The number of aryl methyl sites for hydroxylation is 1. The summed E-state index contributed by atoms with van der Waals surface area (Å²) < 4.78 is 39.4. The van der Waals surface area contributed by atoms with Gasteiger partial charge in [0, 0.05) is 0 Å². The Morgan fingerprint density at radius 2 is 1.79 bits per heavy atom. The zero-order valence-corrected chi connectivity index (χ0v) is 7.64. The van der Waals surface area contributed by atoms with Gasteiger partial charge in [-0.3, -0.25) is 0 Å². The Bertz CT molecular complexity index is 345. The molecule has 0 fully saturated rings. The lowest BCUT2D eigenvalue weighted by Crippen LogP contribution is -2.18. The van der Waals surface area contributed by atoms with Crippen LogP contribution in [-0.2, 0) is 0 Å². The molecule has 78 valence electrons. The molecular formula is C9H9F3O2. The topological polar surface area (TPSA) is 29.5 Å². The van der Waals surface area contributed by atoms with Crippen molar-refractivity contribution in [1.82, 2.24) is 0 Å². The normalized spacial score (nSPS) is 11.5. The highest BCUT2D eigenvalue weighted by Gasteiger charge is 2.33. The van der Waals surface area contributed by atoms with E-state index in [1.54, 1.807) is 6.92 Å². The second-order valence-electron chi connectivity index (χ2n) is 2.90. The van der Waals surface area contributed by atoms with Gasteiger partial charge in [-0.25, -0.2) is 0 Å². The molecule has 0 bridgehead atoms. The van der Waals surface area contributed by atoms with Crippen LogP contribution in [0.15, 0.2) is 12.1 Å². The van der Waals surface area contributed by atoms with Crippen LogP contribution in [0.5, 0.6) is 11.5 Å². The van der Waals surface area contributed by atoms with Crippen LogP contribution in [-0.4, -0.2) is 11.5 Å². The monoisotopic (exact) mass is 206 g/mol. The fourth-order valence-electron chi connectivity index (χ4n) is 1.02. The summed E-state index contributed by atoms with van der Waals surface area (Å²) in [6.07, 6.45) is -4.78. The van der Waals surface area contributed by atoms with Crippen molar-refractivity contribution in [2.24, 2.45) is 0 Å². The molecule has 0 aliphatic heterocycles. The molecule has 1 rings (SSSR count). The molecule has 0 amide bonds. The number of aromatic hydroxyl groups is 1. The van der Waals surface area contributed by atoms with E-state index in [0.29, 0.717) is 5.56 Å². The number of halogens is 3. The summed E-state index contributed by atoms with van der Waals surface area (Å²) in [5.74, 6) is -1.04. The Morgan fingerprint density at radius 3 is 2.29 bits per heavy atom. The molecule has 0 unspecified atom stereocenters. The van der Waals surface area contributed by atoms with Crippen LogP contribution in [0, 0.1) is 13.8 Å². The van der Waals surface area contributed by atoms with Crippen LogP contribution in [0.1, 0.15) is 11.1 Å². The molecule has 0 atom stereocenters. The predicted molar refractivity (Wildman–Crippen MR) is 44.3 cm³/mol. The fraction of sp³-hybridized carbons (Fsp3) is 0.333. The van der Waals surface area contributed by atoms with E-state index >= 15 is 0 Å². The minimum Gasteiger partial charge on any atom is -0.504 e. The van der Waals surface area contributed by atoms with E-state index in [4.69, 9.17) is 5.11 Å². The summed E-state index contributed by atoms with van der Waals surface area (Å²) in [4.78, 5) is 0. The van der Waals surface area contributed by atoms with E-state index in [1.807, 2.05) is 0 Å². The van der Waals surface area contributed by atoms with Crippen LogP contribution in [0.2, 0.25) is 0 Å². The average molecular weight is 206 g/mol. The van der Waals surface area contributed by atoms with Crippen molar-refractivity contribution in [3.05, 3.63) is 23.3 Å². The lowest BCUT2D eigenvalue weighted by Gasteiger charge is -2.13. The van der Waals surface area contributed by atoms with E-state index in [2.05, 4.69) is 4.74 Å². The van der Waals surface area contributed by atoms with Crippen molar-refractivity contribution in [2.45, 2.75) is 20.2 Å². The highest BCUT2D eigenvalue weighted by molar-refractivity contribution is 5.48. The van der Waals surface area contributed by atoms with Gasteiger partial charge < -0.3 is 9.84 Å². The van der Waals surface area contributed by atoms with Gasteiger partial charge in [0.1, 0.15) is 0 Å². The third-order valence-corrected chi connectivity index (χ3v) is 1.87. The van der Waals surface area contributed by atoms with E-state index < -0.39 is 17.9 Å². The lowest BCUT2D eigenvalue weighted by molar-refractivity contribution is -0.275. The molecule has 1 aromatic carbocycles. The van der Waals surface area contributed by atoms with E-state index in [-0.39, 0.29) is 5.56 Å². The van der Waals surface area contributed by atoms with Gasteiger partial charge in [-0.1, -0.05) is 6.07 Å². The molecule has 2 nitrogen and oxygen atoms in total. The quantitative estimate of drug-likeness (QED) is 0.765. The molecule has 0 saturated carbocycles. The molecule has 0 aliphatic rings. The highest BCUT2D eigenvalue weighted by atomic mass is 19.4. The molecule has 0 spiro atoms. The Balaban J connectivity index is 3.13. The van der Waals surface area contributed by atoms with Crippen LogP contribution in [0.4, 0.5) is 13.2 Å². The minimum atomic E-state index is -4.78. The van der Waals surface area contributed by atoms with Gasteiger partial charge in [0.25, 0.3) is 0 Å². The molecular weight excluding hydrogens is 197 g/mol. The molecule has 0 aromatic heterocycles. The lowest BCUT2D eigenvalue weighted by atomic mass is 10.1. The van der Waals surface area contributed by atoms with Crippen LogP contribution in [0.25, 0.3) is 0 Å². The average Bonchev–Trinajstić information content (AvgIpc) is 2.04. The maximum Gasteiger partial charge on any atom is 0.573 e. The number of hydrogen-bond acceptors (Lipinski definition) is 2. The summed E-state index contributed by atoms with van der Waals surface area (Å²) in [6.45, 7) is 3.09. The molecule has 5 heteroatoms. The largest absolute Gasteiger partial charge is 0.573 e. The summed E-state index contributed by atoms with van der Waals surface area (Å²) in [5, 5.41) is 9.15. The van der Waals surface area contributed by atoms with Gasteiger partial charge in [-0.15, -0.1) is 13.2 Å². The first-order chi connectivity index (χ1) is 6.31. The molecule has 1 aromatic rings. The number of rotatable bonds is 1. The first-order valence-electron chi connectivity index (χ1n) is 3.86. The van der Waals surface area contributed by atoms with Crippen molar-refractivity contribution in [2.75, 3.05) is 0 Å².